The van der Waals surface area contributed by atoms with Crippen LogP contribution in [0.2, 0.25) is 0 Å². The molecule has 1 N–H and O–H groups in total. The summed E-state index contributed by atoms with van der Waals surface area (Å²) < 4.78 is 28.2. The number of hydrogen-bond acceptors (Lipinski definition) is 5. The first-order valence-corrected chi connectivity index (χ1v) is 8.70. The van der Waals surface area contributed by atoms with E-state index in [2.05, 4.69) is 5.32 Å². The first kappa shape index (κ1) is 16.3. The van der Waals surface area contributed by atoms with Gasteiger partial charge in [-0.1, -0.05) is 13.0 Å². The molecular weight excluding hydrogens is 290 g/mol. The van der Waals surface area contributed by atoms with Crippen molar-refractivity contribution in [2.24, 2.45) is 0 Å². The fourth-order valence-electron chi connectivity index (χ4n) is 2.24. The average Bonchev–Trinajstić information content (AvgIpc) is 2.52. The van der Waals surface area contributed by atoms with Gasteiger partial charge in [-0.15, -0.1) is 0 Å². The molecule has 0 amide bonds. The molecule has 2 unspecified atom stereocenters. The highest BCUT2D eigenvalue weighted by Gasteiger charge is 2.18. The van der Waals surface area contributed by atoms with Crippen LogP contribution in [0.1, 0.15) is 18.5 Å². The smallest absolute Gasteiger partial charge is 0.161 e. The molecule has 118 valence electrons. The lowest BCUT2D eigenvalue weighted by atomic mass is 10.1. The minimum Gasteiger partial charge on any atom is -0.486 e. The molecule has 5 nitrogen and oxygen atoms in total. The molecule has 0 aromatic heterocycles. The normalized spacial score (nSPS) is 16.5. The number of methoxy groups -OCH3 is 1. The highest BCUT2D eigenvalue weighted by Crippen LogP contribution is 2.32. The van der Waals surface area contributed by atoms with Crippen LogP contribution in [0.5, 0.6) is 11.5 Å². The van der Waals surface area contributed by atoms with E-state index in [1.54, 1.807) is 7.11 Å². The second kappa shape index (κ2) is 8.36. The molecule has 1 aromatic rings. The molecule has 0 aliphatic carbocycles. The molecule has 0 saturated heterocycles. The van der Waals surface area contributed by atoms with Gasteiger partial charge in [0.25, 0.3) is 0 Å². The van der Waals surface area contributed by atoms with E-state index in [4.69, 9.17) is 14.2 Å². The molecule has 0 fully saturated rings. The summed E-state index contributed by atoms with van der Waals surface area (Å²) in [5, 5.41) is 3.38. The third kappa shape index (κ3) is 4.69. The van der Waals surface area contributed by atoms with Crippen molar-refractivity contribution in [3.8, 4) is 11.5 Å². The Hall–Kier alpha value is -1.11. The number of ether oxygens (including phenoxy) is 3. The lowest BCUT2D eigenvalue weighted by molar-refractivity contribution is 0.171. The van der Waals surface area contributed by atoms with Crippen LogP contribution in [0.4, 0.5) is 0 Å². The number of benzene rings is 1. The molecule has 2 rings (SSSR count). The molecule has 0 spiro atoms. The summed E-state index contributed by atoms with van der Waals surface area (Å²) >= 11 is 0. The number of rotatable bonds is 8. The topological polar surface area (TPSA) is 56.8 Å². The molecule has 21 heavy (non-hydrogen) atoms. The zero-order chi connectivity index (χ0) is 15.1. The third-order valence-corrected chi connectivity index (χ3v) is 4.61. The molecule has 1 aliphatic rings. The van der Waals surface area contributed by atoms with Crippen molar-refractivity contribution >= 4 is 10.8 Å². The van der Waals surface area contributed by atoms with Gasteiger partial charge in [-0.25, -0.2) is 0 Å². The summed E-state index contributed by atoms with van der Waals surface area (Å²) in [6.07, 6.45) is 0. The van der Waals surface area contributed by atoms with Gasteiger partial charge in [-0.2, -0.15) is 0 Å². The molecule has 6 heteroatoms. The Balaban J connectivity index is 2.08. The summed E-state index contributed by atoms with van der Waals surface area (Å²) in [6.45, 7) is 4.54. The van der Waals surface area contributed by atoms with Gasteiger partial charge in [0.05, 0.1) is 6.61 Å². The summed E-state index contributed by atoms with van der Waals surface area (Å²) in [5.74, 6) is 2.67. The van der Waals surface area contributed by atoms with E-state index in [1.165, 1.54) is 0 Å². The van der Waals surface area contributed by atoms with Gasteiger partial charge in [-0.3, -0.25) is 4.21 Å². The lowest BCUT2D eigenvalue weighted by Crippen LogP contribution is -2.27. The van der Waals surface area contributed by atoms with E-state index < -0.39 is 10.8 Å². The summed E-state index contributed by atoms with van der Waals surface area (Å²) in [6, 6.07) is 5.96. The van der Waals surface area contributed by atoms with Gasteiger partial charge in [-0.05, 0) is 24.2 Å². The zero-order valence-corrected chi connectivity index (χ0v) is 13.4. The number of hydrogen-bond donors (Lipinski definition) is 1. The highest BCUT2D eigenvalue weighted by molar-refractivity contribution is 7.85. The molecule has 0 saturated carbocycles. The Morgan fingerprint density at radius 3 is 2.81 bits per heavy atom. The van der Waals surface area contributed by atoms with Gasteiger partial charge < -0.3 is 19.5 Å². The molecule has 1 aromatic carbocycles. The van der Waals surface area contributed by atoms with E-state index >= 15 is 0 Å². The summed E-state index contributed by atoms with van der Waals surface area (Å²) in [7, 11) is 0.712. The van der Waals surface area contributed by atoms with Crippen LogP contribution in [-0.2, 0) is 15.5 Å². The maximum atomic E-state index is 12.1. The maximum absolute atomic E-state index is 12.1. The number of nitrogens with one attached hydrogen (secondary N) is 1. The van der Waals surface area contributed by atoms with Gasteiger partial charge >= 0.3 is 0 Å². The predicted molar refractivity (Wildman–Crippen MR) is 83.6 cm³/mol. The fourth-order valence-corrected chi connectivity index (χ4v) is 3.44. The van der Waals surface area contributed by atoms with Crippen molar-refractivity contribution in [2.45, 2.75) is 13.0 Å². The first-order chi connectivity index (χ1) is 10.2. The highest BCUT2D eigenvalue weighted by atomic mass is 32.2. The van der Waals surface area contributed by atoms with Crippen LogP contribution in [0.3, 0.4) is 0 Å². The summed E-state index contributed by atoms with van der Waals surface area (Å²) in [4.78, 5) is 0. The zero-order valence-electron chi connectivity index (χ0n) is 12.6. The van der Waals surface area contributed by atoms with Crippen molar-refractivity contribution in [1.29, 1.82) is 0 Å². The van der Waals surface area contributed by atoms with Crippen LogP contribution >= 0.6 is 0 Å². The Bertz CT molecular complexity index is 481. The Morgan fingerprint density at radius 2 is 2.10 bits per heavy atom. The fraction of sp³-hybridized carbons (Fsp3) is 0.600. The molecule has 0 radical (unpaired) electrons. The van der Waals surface area contributed by atoms with Crippen LogP contribution in [0.15, 0.2) is 18.2 Å². The van der Waals surface area contributed by atoms with Crippen LogP contribution < -0.4 is 14.8 Å². The molecule has 2 atom stereocenters. The van der Waals surface area contributed by atoms with Crippen LogP contribution in [0, 0.1) is 0 Å². The van der Waals surface area contributed by atoms with E-state index in [0.29, 0.717) is 31.3 Å². The van der Waals surface area contributed by atoms with Crippen molar-refractivity contribution in [2.75, 3.05) is 45.0 Å². The standard InChI is InChI=1S/C15H23NO4S/c1-3-16-13(11-21(17)9-8-18-2)12-4-5-14-15(10-12)20-7-6-19-14/h4-5,10,13,16H,3,6-9,11H2,1-2H3. The van der Waals surface area contributed by atoms with E-state index in [0.717, 1.165) is 23.6 Å². The molecule has 1 aliphatic heterocycles. The second-order valence-corrected chi connectivity index (χ2v) is 6.44. The van der Waals surface area contributed by atoms with Gasteiger partial charge in [0.15, 0.2) is 11.5 Å². The first-order valence-electron chi connectivity index (χ1n) is 7.21. The van der Waals surface area contributed by atoms with Crippen molar-refractivity contribution in [1.82, 2.24) is 5.32 Å². The molecule has 0 bridgehead atoms. The van der Waals surface area contributed by atoms with Crippen molar-refractivity contribution < 1.29 is 18.4 Å². The quantitative estimate of drug-likeness (QED) is 0.788. The van der Waals surface area contributed by atoms with Crippen molar-refractivity contribution in [3.05, 3.63) is 23.8 Å². The monoisotopic (exact) mass is 313 g/mol. The Labute approximate surface area is 128 Å². The Morgan fingerprint density at radius 1 is 1.33 bits per heavy atom. The Kier molecular flexibility index (Phi) is 6.48. The van der Waals surface area contributed by atoms with E-state index in [-0.39, 0.29) is 6.04 Å². The predicted octanol–water partition coefficient (Wildman–Crippen LogP) is 1.50. The molecular formula is C15H23NO4S. The minimum absolute atomic E-state index is 0.0449. The van der Waals surface area contributed by atoms with Crippen molar-refractivity contribution in [3.63, 3.8) is 0 Å². The average molecular weight is 313 g/mol. The van der Waals surface area contributed by atoms with Crippen LogP contribution in [-0.4, -0.2) is 49.2 Å². The lowest BCUT2D eigenvalue weighted by Gasteiger charge is -2.22. The third-order valence-electron chi connectivity index (χ3n) is 3.29. The SMILES string of the molecule is CCNC(CS(=O)CCOC)c1ccc2c(c1)OCCO2. The molecule has 1 heterocycles. The van der Waals surface area contributed by atoms with Crippen LogP contribution in [0.25, 0.3) is 0 Å². The minimum atomic E-state index is -0.913. The van der Waals surface area contributed by atoms with E-state index in [1.807, 2.05) is 25.1 Å². The summed E-state index contributed by atoms with van der Waals surface area (Å²) in [5.41, 5.74) is 1.08. The second-order valence-electron chi connectivity index (χ2n) is 4.82. The van der Waals surface area contributed by atoms with Gasteiger partial charge in [0, 0.05) is 35.5 Å². The largest absolute Gasteiger partial charge is 0.486 e. The van der Waals surface area contributed by atoms with E-state index in [9.17, 15) is 4.21 Å². The number of fused-ring (bicyclic) bond motifs is 1. The van der Waals surface area contributed by atoms with Gasteiger partial charge in [0.2, 0.25) is 0 Å². The van der Waals surface area contributed by atoms with Gasteiger partial charge in [0.1, 0.15) is 13.2 Å². The maximum Gasteiger partial charge on any atom is 0.161 e.